The topological polar surface area (TPSA) is 191 Å². The van der Waals surface area contributed by atoms with E-state index in [1.807, 2.05) is 0 Å². The van der Waals surface area contributed by atoms with Gasteiger partial charge in [0, 0.05) is 31.1 Å². The molecule has 0 saturated carbocycles. The summed E-state index contributed by atoms with van der Waals surface area (Å²) in [7, 11) is 0. The molecule has 2 heterocycles. The summed E-state index contributed by atoms with van der Waals surface area (Å²) in [5.41, 5.74) is -0.761. The van der Waals surface area contributed by atoms with Gasteiger partial charge in [0.05, 0.1) is 19.2 Å². The van der Waals surface area contributed by atoms with Gasteiger partial charge in [-0.1, -0.05) is 19.3 Å². The average molecular weight is 499 g/mol. The van der Waals surface area contributed by atoms with E-state index in [2.05, 4.69) is 10.3 Å². The Morgan fingerprint density at radius 1 is 1.11 bits per heavy atom. The monoisotopic (exact) mass is 498 g/mol. The van der Waals surface area contributed by atoms with Crippen LogP contribution < -0.4 is 16.6 Å². The molecule has 13 nitrogen and oxygen atoms in total. The second-order valence-corrected chi connectivity index (χ2v) is 8.73. The number of H-pyrrole nitrogens is 1. The van der Waals surface area contributed by atoms with Crippen molar-refractivity contribution in [3.05, 3.63) is 32.6 Å². The fourth-order valence-corrected chi connectivity index (χ4v) is 3.92. The van der Waals surface area contributed by atoms with Crippen molar-refractivity contribution in [2.24, 2.45) is 0 Å². The first-order valence-corrected chi connectivity index (χ1v) is 11.6. The third-order valence-electron chi connectivity index (χ3n) is 5.76. The zero-order valence-corrected chi connectivity index (χ0v) is 19.8. The minimum absolute atomic E-state index is 0.0938. The number of aromatic amines is 1. The minimum atomic E-state index is -1.07. The van der Waals surface area contributed by atoms with E-state index in [1.165, 1.54) is 15.7 Å². The van der Waals surface area contributed by atoms with Crippen LogP contribution in [0.5, 0.6) is 0 Å². The number of hydrogen-bond donors (Lipinski definition) is 5. The molecular formula is C22H34N4O9. The van der Waals surface area contributed by atoms with E-state index in [4.69, 9.17) is 14.9 Å². The molecule has 2 rings (SSSR count). The molecule has 196 valence electrons. The summed E-state index contributed by atoms with van der Waals surface area (Å²) in [6, 6.07) is 0. The lowest BCUT2D eigenvalue weighted by atomic mass is 10.1. The highest BCUT2D eigenvalue weighted by Crippen LogP contribution is 2.27. The molecule has 0 spiro atoms. The van der Waals surface area contributed by atoms with Crippen LogP contribution in [-0.4, -0.2) is 86.0 Å². The molecule has 13 heteroatoms. The molecule has 1 aliphatic rings. The SMILES string of the molecule is Cc1cn([C@H]2C[C@H](O)[C@@H](CNC(=O)CCCCCCCN(CC(=O)O)CC(=O)O)O2)c(=O)[nH]c1=O. The summed E-state index contributed by atoms with van der Waals surface area (Å²) in [5.74, 6) is -2.32. The number of aliphatic hydroxyl groups is 1. The quantitative estimate of drug-likeness (QED) is 0.195. The lowest BCUT2D eigenvalue weighted by Crippen LogP contribution is -2.37. The van der Waals surface area contributed by atoms with Gasteiger partial charge in [-0.25, -0.2) is 4.79 Å². The maximum atomic E-state index is 12.1. The minimum Gasteiger partial charge on any atom is -0.480 e. The Labute approximate surface area is 201 Å². The standard InChI is InChI=1S/C22H34N4O9/c1-14-11-26(22(34)24-21(14)33)18-9-15(27)16(35-18)10-23-17(28)7-5-3-2-4-6-8-25(12-19(29)30)13-20(31)32/h11,15-16,18,27H,2-10,12-13H2,1H3,(H,23,28)(H,29,30)(H,31,32)(H,24,33,34)/t15-,16+,18+/m0/s1. The summed E-state index contributed by atoms with van der Waals surface area (Å²) in [6.45, 7) is 1.41. The molecule has 0 unspecified atom stereocenters. The van der Waals surface area contributed by atoms with Crippen LogP contribution in [0, 0.1) is 6.92 Å². The number of ether oxygens (including phenoxy) is 1. The maximum Gasteiger partial charge on any atom is 0.330 e. The van der Waals surface area contributed by atoms with E-state index < -0.39 is 41.6 Å². The van der Waals surface area contributed by atoms with Crippen LogP contribution in [0.4, 0.5) is 0 Å². The summed E-state index contributed by atoms with van der Waals surface area (Å²) >= 11 is 0. The summed E-state index contributed by atoms with van der Waals surface area (Å²) in [5, 5.41) is 30.6. The summed E-state index contributed by atoms with van der Waals surface area (Å²) < 4.78 is 6.95. The van der Waals surface area contributed by atoms with E-state index in [0.29, 0.717) is 31.4 Å². The molecule has 0 aromatic carbocycles. The highest BCUT2D eigenvalue weighted by atomic mass is 16.5. The predicted octanol–water partition coefficient (Wildman–Crippen LogP) is -0.579. The molecule has 35 heavy (non-hydrogen) atoms. The van der Waals surface area contributed by atoms with Crippen molar-refractivity contribution in [1.29, 1.82) is 0 Å². The lowest BCUT2D eigenvalue weighted by Gasteiger charge is -2.17. The number of unbranched alkanes of at least 4 members (excludes halogenated alkanes) is 4. The fourth-order valence-electron chi connectivity index (χ4n) is 3.92. The first kappa shape index (κ1) is 28.2. The van der Waals surface area contributed by atoms with E-state index in [9.17, 15) is 29.1 Å². The van der Waals surface area contributed by atoms with Crippen molar-refractivity contribution < 1.29 is 34.4 Å². The number of aromatic nitrogens is 2. The number of carbonyl (C=O) groups excluding carboxylic acids is 1. The van der Waals surface area contributed by atoms with Gasteiger partial charge in [-0.15, -0.1) is 0 Å². The number of amides is 1. The molecule has 1 fully saturated rings. The number of rotatable bonds is 15. The van der Waals surface area contributed by atoms with Gasteiger partial charge in [-0.3, -0.25) is 33.6 Å². The Kier molecular flexibility index (Phi) is 11.1. The molecule has 0 bridgehead atoms. The molecule has 3 atom stereocenters. The molecule has 0 aliphatic carbocycles. The Bertz CT molecular complexity index is 974. The molecular weight excluding hydrogens is 464 g/mol. The zero-order valence-electron chi connectivity index (χ0n) is 19.8. The molecule has 1 aromatic rings. The number of carbonyl (C=O) groups is 3. The first-order chi connectivity index (χ1) is 16.6. The molecule has 1 aromatic heterocycles. The molecule has 1 saturated heterocycles. The van der Waals surface area contributed by atoms with Gasteiger partial charge < -0.3 is 25.4 Å². The van der Waals surface area contributed by atoms with Gasteiger partial charge in [0.1, 0.15) is 12.3 Å². The highest BCUT2D eigenvalue weighted by molar-refractivity contribution is 5.75. The number of nitrogens with one attached hydrogen (secondary N) is 2. The lowest BCUT2D eigenvalue weighted by molar-refractivity contribution is -0.141. The second-order valence-electron chi connectivity index (χ2n) is 8.73. The smallest absolute Gasteiger partial charge is 0.330 e. The molecule has 0 radical (unpaired) electrons. The normalized spacial score (nSPS) is 19.7. The van der Waals surface area contributed by atoms with Crippen LogP contribution in [0.25, 0.3) is 0 Å². The van der Waals surface area contributed by atoms with Crippen molar-refractivity contribution in [3.8, 4) is 0 Å². The predicted molar refractivity (Wildman–Crippen MR) is 123 cm³/mol. The Hall–Kier alpha value is -3.03. The van der Waals surface area contributed by atoms with Crippen LogP contribution in [0.2, 0.25) is 0 Å². The Morgan fingerprint density at radius 2 is 1.74 bits per heavy atom. The first-order valence-electron chi connectivity index (χ1n) is 11.6. The van der Waals surface area contributed by atoms with Gasteiger partial charge in [-0.2, -0.15) is 0 Å². The number of aryl methyl sites for hydroxylation is 1. The number of aliphatic hydroxyl groups excluding tert-OH is 1. The summed E-state index contributed by atoms with van der Waals surface area (Å²) in [6.07, 6.45) is 3.30. The van der Waals surface area contributed by atoms with Crippen molar-refractivity contribution >= 4 is 17.8 Å². The molecule has 1 amide bonds. The number of carboxylic acid groups (broad SMARTS) is 2. The third-order valence-corrected chi connectivity index (χ3v) is 5.76. The number of aliphatic carboxylic acids is 2. The molecule has 1 aliphatic heterocycles. The van der Waals surface area contributed by atoms with Crippen LogP contribution in [0.1, 0.15) is 56.7 Å². The van der Waals surface area contributed by atoms with Crippen molar-refractivity contribution in [2.45, 2.75) is 70.3 Å². The van der Waals surface area contributed by atoms with E-state index in [0.717, 1.165) is 19.3 Å². The van der Waals surface area contributed by atoms with Crippen LogP contribution >= 0.6 is 0 Å². The average Bonchev–Trinajstić information content (AvgIpc) is 3.13. The van der Waals surface area contributed by atoms with E-state index in [-0.39, 0.29) is 32.0 Å². The van der Waals surface area contributed by atoms with E-state index in [1.54, 1.807) is 6.92 Å². The van der Waals surface area contributed by atoms with Crippen LogP contribution in [0.15, 0.2) is 15.8 Å². The number of hydrogen-bond acceptors (Lipinski definition) is 8. The number of carboxylic acids is 2. The largest absolute Gasteiger partial charge is 0.480 e. The maximum absolute atomic E-state index is 12.1. The third kappa shape index (κ3) is 9.62. The second kappa shape index (κ2) is 13.8. The van der Waals surface area contributed by atoms with E-state index >= 15 is 0 Å². The van der Waals surface area contributed by atoms with Crippen LogP contribution in [0.3, 0.4) is 0 Å². The van der Waals surface area contributed by atoms with Gasteiger partial charge in [-0.05, 0) is 26.3 Å². The zero-order chi connectivity index (χ0) is 26.0. The highest BCUT2D eigenvalue weighted by Gasteiger charge is 2.35. The van der Waals surface area contributed by atoms with Crippen LogP contribution in [-0.2, 0) is 19.1 Å². The van der Waals surface area contributed by atoms with Gasteiger partial charge in [0.25, 0.3) is 5.56 Å². The van der Waals surface area contributed by atoms with Crippen molar-refractivity contribution in [1.82, 2.24) is 19.8 Å². The van der Waals surface area contributed by atoms with Crippen molar-refractivity contribution in [2.75, 3.05) is 26.2 Å². The number of nitrogens with zero attached hydrogens (tertiary/aromatic N) is 2. The Morgan fingerprint density at radius 3 is 2.40 bits per heavy atom. The fraction of sp³-hybridized carbons (Fsp3) is 0.682. The van der Waals surface area contributed by atoms with Gasteiger partial charge in [0.15, 0.2) is 0 Å². The summed E-state index contributed by atoms with van der Waals surface area (Å²) in [4.78, 5) is 60.8. The van der Waals surface area contributed by atoms with Gasteiger partial charge >= 0.3 is 17.6 Å². The van der Waals surface area contributed by atoms with Crippen molar-refractivity contribution in [3.63, 3.8) is 0 Å². The molecule has 5 N–H and O–H groups in total. The van der Waals surface area contributed by atoms with Gasteiger partial charge in [0.2, 0.25) is 5.91 Å². The Balaban J connectivity index is 1.62.